The monoisotopic (exact) mass is 287 g/mol. The SMILES string of the molecule is Nc1cccc(-c2ccnc3c(-c4ccncc4)cnn23)c1. The van der Waals surface area contributed by atoms with E-state index in [-0.39, 0.29) is 0 Å². The third-order valence-electron chi connectivity index (χ3n) is 3.57. The second kappa shape index (κ2) is 4.96. The average Bonchev–Trinajstić information content (AvgIpc) is 2.99. The fourth-order valence-corrected chi connectivity index (χ4v) is 2.54. The lowest BCUT2D eigenvalue weighted by molar-refractivity contribution is 0.948. The minimum absolute atomic E-state index is 0.726. The Morgan fingerprint density at radius 1 is 0.909 bits per heavy atom. The summed E-state index contributed by atoms with van der Waals surface area (Å²) in [7, 11) is 0. The molecule has 1 aromatic carbocycles. The Labute approximate surface area is 127 Å². The summed E-state index contributed by atoms with van der Waals surface area (Å²) in [6, 6.07) is 13.6. The lowest BCUT2D eigenvalue weighted by atomic mass is 10.1. The normalized spacial score (nSPS) is 10.9. The van der Waals surface area contributed by atoms with Gasteiger partial charge in [0.05, 0.1) is 11.9 Å². The standard InChI is InChI=1S/C17H13N5/c18-14-3-1-2-13(10-14)16-6-9-20-17-15(11-21-22(16)17)12-4-7-19-8-5-12/h1-11H,18H2. The molecule has 0 fully saturated rings. The van der Waals surface area contributed by atoms with Crippen LogP contribution in [0.2, 0.25) is 0 Å². The minimum atomic E-state index is 0.726. The zero-order valence-electron chi connectivity index (χ0n) is 11.7. The molecule has 4 rings (SSSR count). The summed E-state index contributed by atoms with van der Waals surface area (Å²) < 4.78 is 1.84. The number of hydrogen-bond donors (Lipinski definition) is 1. The van der Waals surface area contributed by atoms with E-state index in [0.29, 0.717) is 0 Å². The third-order valence-corrected chi connectivity index (χ3v) is 3.57. The Bertz CT molecular complexity index is 944. The first kappa shape index (κ1) is 12.5. The van der Waals surface area contributed by atoms with E-state index < -0.39 is 0 Å². The molecule has 0 amide bonds. The highest BCUT2D eigenvalue weighted by atomic mass is 15.3. The van der Waals surface area contributed by atoms with Gasteiger partial charge in [-0.2, -0.15) is 5.10 Å². The fourth-order valence-electron chi connectivity index (χ4n) is 2.54. The summed E-state index contributed by atoms with van der Waals surface area (Å²) in [5, 5.41) is 4.49. The summed E-state index contributed by atoms with van der Waals surface area (Å²) >= 11 is 0. The maximum atomic E-state index is 5.88. The fraction of sp³-hybridized carbons (Fsp3) is 0. The van der Waals surface area contributed by atoms with E-state index >= 15 is 0 Å². The predicted octanol–water partition coefficient (Wildman–Crippen LogP) is 3.04. The third kappa shape index (κ3) is 2.00. The van der Waals surface area contributed by atoms with Crippen molar-refractivity contribution in [1.82, 2.24) is 19.6 Å². The van der Waals surface area contributed by atoms with Crippen molar-refractivity contribution in [3.63, 3.8) is 0 Å². The first-order valence-electron chi connectivity index (χ1n) is 6.92. The second-order valence-electron chi connectivity index (χ2n) is 4.99. The molecule has 5 heteroatoms. The molecule has 0 saturated heterocycles. The van der Waals surface area contributed by atoms with Crippen molar-refractivity contribution in [2.24, 2.45) is 0 Å². The van der Waals surface area contributed by atoms with Crippen LogP contribution in [0, 0.1) is 0 Å². The van der Waals surface area contributed by atoms with E-state index in [1.165, 1.54) is 0 Å². The molecular formula is C17H13N5. The van der Waals surface area contributed by atoms with Crippen molar-refractivity contribution in [2.75, 3.05) is 5.73 Å². The van der Waals surface area contributed by atoms with E-state index in [1.54, 1.807) is 18.6 Å². The van der Waals surface area contributed by atoms with Gasteiger partial charge in [0, 0.05) is 35.4 Å². The van der Waals surface area contributed by atoms with Gasteiger partial charge in [0.25, 0.3) is 0 Å². The van der Waals surface area contributed by atoms with E-state index in [9.17, 15) is 0 Å². The highest BCUT2D eigenvalue weighted by molar-refractivity contribution is 5.78. The van der Waals surface area contributed by atoms with E-state index in [1.807, 2.05) is 53.2 Å². The Kier molecular flexibility index (Phi) is 2.83. The van der Waals surface area contributed by atoms with Gasteiger partial charge in [0.1, 0.15) is 0 Å². The molecular weight excluding hydrogens is 274 g/mol. The lowest BCUT2D eigenvalue weighted by Gasteiger charge is -2.06. The van der Waals surface area contributed by atoms with Crippen LogP contribution >= 0.6 is 0 Å². The Morgan fingerprint density at radius 2 is 1.77 bits per heavy atom. The topological polar surface area (TPSA) is 69.1 Å². The number of anilines is 1. The van der Waals surface area contributed by atoms with Crippen LogP contribution < -0.4 is 5.73 Å². The van der Waals surface area contributed by atoms with Gasteiger partial charge >= 0.3 is 0 Å². The zero-order valence-corrected chi connectivity index (χ0v) is 11.7. The molecule has 5 nitrogen and oxygen atoms in total. The molecule has 0 unspecified atom stereocenters. The number of rotatable bonds is 2. The largest absolute Gasteiger partial charge is 0.399 e. The number of hydrogen-bond acceptors (Lipinski definition) is 4. The van der Waals surface area contributed by atoms with Crippen LogP contribution in [0.1, 0.15) is 0 Å². The second-order valence-corrected chi connectivity index (χ2v) is 4.99. The van der Waals surface area contributed by atoms with Crippen molar-refractivity contribution < 1.29 is 0 Å². The average molecular weight is 287 g/mol. The van der Waals surface area contributed by atoms with Crippen molar-refractivity contribution >= 4 is 11.3 Å². The van der Waals surface area contributed by atoms with Crippen LogP contribution in [-0.4, -0.2) is 19.6 Å². The zero-order chi connectivity index (χ0) is 14.9. The maximum absolute atomic E-state index is 5.88. The summed E-state index contributed by atoms with van der Waals surface area (Å²) in [5.41, 5.74) is 11.4. The van der Waals surface area contributed by atoms with E-state index in [0.717, 1.165) is 33.7 Å². The Hall–Kier alpha value is -3.21. The molecule has 0 radical (unpaired) electrons. The number of fused-ring (bicyclic) bond motifs is 1. The highest BCUT2D eigenvalue weighted by Crippen LogP contribution is 2.27. The van der Waals surface area contributed by atoms with Gasteiger partial charge in [0.15, 0.2) is 5.65 Å². The summed E-state index contributed by atoms with van der Waals surface area (Å²) in [6.45, 7) is 0. The minimum Gasteiger partial charge on any atom is -0.399 e. The van der Waals surface area contributed by atoms with Gasteiger partial charge in [0.2, 0.25) is 0 Å². The number of benzene rings is 1. The molecule has 2 N–H and O–H groups in total. The number of nitrogens with zero attached hydrogens (tertiary/aromatic N) is 4. The molecule has 0 saturated carbocycles. The van der Waals surface area contributed by atoms with Gasteiger partial charge in [-0.1, -0.05) is 12.1 Å². The van der Waals surface area contributed by atoms with Crippen LogP contribution in [-0.2, 0) is 0 Å². The Morgan fingerprint density at radius 3 is 2.59 bits per heavy atom. The first-order valence-corrected chi connectivity index (χ1v) is 6.92. The summed E-state index contributed by atoms with van der Waals surface area (Å²) in [5.74, 6) is 0. The lowest BCUT2D eigenvalue weighted by Crippen LogP contribution is -1.96. The first-order chi connectivity index (χ1) is 10.8. The number of nitrogens with two attached hydrogens (primary N) is 1. The smallest absolute Gasteiger partial charge is 0.163 e. The molecule has 0 aliphatic heterocycles. The van der Waals surface area contributed by atoms with Crippen LogP contribution in [0.25, 0.3) is 28.0 Å². The Balaban J connectivity index is 1.95. The van der Waals surface area contributed by atoms with Gasteiger partial charge in [-0.25, -0.2) is 9.50 Å². The van der Waals surface area contributed by atoms with Gasteiger partial charge in [-0.05, 0) is 35.9 Å². The van der Waals surface area contributed by atoms with Crippen molar-refractivity contribution in [1.29, 1.82) is 0 Å². The molecule has 4 aromatic rings. The molecule has 3 aromatic heterocycles. The molecule has 0 aliphatic carbocycles. The molecule has 0 atom stereocenters. The van der Waals surface area contributed by atoms with Crippen molar-refractivity contribution in [3.05, 3.63) is 67.3 Å². The number of nitrogen functional groups attached to an aromatic ring is 1. The van der Waals surface area contributed by atoms with Gasteiger partial charge < -0.3 is 5.73 Å². The van der Waals surface area contributed by atoms with Crippen LogP contribution in [0.5, 0.6) is 0 Å². The molecule has 0 bridgehead atoms. The van der Waals surface area contributed by atoms with Gasteiger partial charge in [-0.3, -0.25) is 4.98 Å². The summed E-state index contributed by atoms with van der Waals surface area (Å²) in [4.78, 5) is 8.52. The van der Waals surface area contributed by atoms with E-state index in [2.05, 4.69) is 15.1 Å². The number of aromatic nitrogens is 4. The predicted molar refractivity (Wildman–Crippen MR) is 86.1 cm³/mol. The van der Waals surface area contributed by atoms with Crippen molar-refractivity contribution in [3.8, 4) is 22.4 Å². The summed E-state index contributed by atoms with van der Waals surface area (Å²) in [6.07, 6.45) is 7.15. The quantitative estimate of drug-likeness (QED) is 0.575. The van der Waals surface area contributed by atoms with Crippen LogP contribution in [0.3, 0.4) is 0 Å². The number of pyridine rings is 1. The molecule has 0 spiro atoms. The molecule has 22 heavy (non-hydrogen) atoms. The van der Waals surface area contributed by atoms with Gasteiger partial charge in [-0.15, -0.1) is 0 Å². The van der Waals surface area contributed by atoms with Crippen LogP contribution in [0.4, 0.5) is 5.69 Å². The van der Waals surface area contributed by atoms with Crippen LogP contribution in [0.15, 0.2) is 67.3 Å². The van der Waals surface area contributed by atoms with E-state index in [4.69, 9.17) is 5.73 Å². The highest BCUT2D eigenvalue weighted by Gasteiger charge is 2.11. The van der Waals surface area contributed by atoms with Crippen molar-refractivity contribution in [2.45, 2.75) is 0 Å². The molecule has 0 aliphatic rings. The molecule has 3 heterocycles. The molecule has 106 valence electrons. The maximum Gasteiger partial charge on any atom is 0.163 e.